The highest BCUT2D eigenvalue weighted by Gasteiger charge is 2.47. The highest BCUT2D eigenvalue weighted by molar-refractivity contribution is 5.86. The summed E-state index contributed by atoms with van der Waals surface area (Å²) in [6.45, 7) is 1.58. The molecule has 0 aromatic heterocycles. The number of esters is 2. The van der Waals surface area contributed by atoms with Crippen molar-refractivity contribution in [3.8, 4) is 39.9 Å². The lowest BCUT2D eigenvalue weighted by Crippen LogP contribution is -2.29. The highest BCUT2D eigenvalue weighted by Crippen LogP contribution is 2.55. The molecule has 3 aliphatic rings. The van der Waals surface area contributed by atoms with Crippen LogP contribution >= 0.6 is 0 Å². The molecule has 0 spiro atoms. The van der Waals surface area contributed by atoms with Gasteiger partial charge >= 0.3 is 11.9 Å². The van der Waals surface area contributed by atoms with E-state index < -0.39 is 18.0 Å². The molecule has 33 heavy (non-hydrogen) atoms. The third-order valence-corrected chi connectivity index (χ3v) is 6.39. The molecule has 1 fully saturated rings. The molecule has 2 heterocycles. The van der Waals surface area contributed by atoms with Gasteiger partial charge in [0.2, 0.25) is 12.5 Å². The van der Waals surface area contributed by atoms with Gasteiger partial charge in [0.1, 0.15) is 6.10 Å². The van der Waals surface area contributed by atoms with Gasteiger partial charge in [0.25, 0.3) is 0 Å². The summed E-state index contributed by atoms with van der Waals surface area (Å²) in [4.78, 5) is 24.9. The summed E-state index contributed by atoms with van der Waals surface area (Å²) in [7, 11) is 4.61. The number of cyclic esters (lactones) is 1. The molecule has 2 aromatic carbocycles. The van der Waals surface area contributed by atoms with Crippen LogP contribution in [-0.4, -0.2) is 46.7 Å². The topological polar surface area (TPSA) is 98.8 Å². The van der Waals surface area contributed by atoms with Crippen molar-refractivity contribution in [2.24, 2.45) is 11.8 Å². The van der Waals surface area contributed by atoms with Crippen molar-refractivity contribution >= 4 is 11.9 Å². The number of ether oxygens (including phenoxy) is 7. The average Bonchev–Trinajstić information content (AvgIpc) is 3.40. The van der Waals surface area contributed by atoms with Crippen LogP contribution in [0.15, 0.2) is 18.2 Å². The van der Waals surface area contributed by atoms with Crippen LogP contribution in [0.1, 0.15) is 24.2 Å². The van der Waals surface area contributed by atoms with E-state index in [9.17, 15) is 9.59 Å². The Hall–Kier alpha value is -3.62. The molecule has 2 aliphatic heterocycles. The van der Waals surface area contributed by atoms with E-state index in [-0.39, 0.29) is 25.3 Å². The zero-order valence-electron chi connectivity index (χ0n) is 18.8. The van der Waals surface area contributed by atoms with Gasteiger partial charge in [-0.05, 0) is 35.7 Å². The van der Waals surface area contributed by atoms with E-state index in [4.69, 9.17) is 33.2 Å². The maximum absolute atomic E-state index is 12.8. The lowest BCUT2D eigenvalue weighted by atomic mass is 9.76. The summed E-state index contributed by atoms with van der Waals surface area (Å²) in [5.74, 6) is 0.764. The van der Waals surface area contributed by atoms with Gasteiger partial charge in [-0.15, -0.1) is 0 Å². The van der Waals surface area contributed by atoms with Gasteiger partial charge < -0.3 is 33.2 Å². The Morgan fingerprint density at radius 3 is 2.36 bits per heavy atom. The van der Waals surface area contributed by atoms with Crippen LogP contribution in [0.25, 0.3) is 11.1 Å². The Kier molecular flexibility index (Phi) is 5.19. The van der Waals surface area contributed by atoms with E-state index in [1.807, 2.05) is 12.1 Å². The molecular weight excluding hydrogens is 432 g/mol. The number of carbonyl (C=O) groups excluding carboxylic acids is 2. The van der Waals surface area contributed by atoms with Crippen LogP contribution in [0, 0.1) is 11.8 Å². The fourth-order valence-electron chi connectivity index (χ4n) is 4.98. The van der Waals surface area contributed by atoms with Crippen molar-refractivity contribution in [2.45, 2.75) is 19.4 Å². The number of fused-ring (bicyclic) bond motifs is 5. The highest BCUT2D eigenvalue weighted by atomic mass is 16.7. The number of hydrogen-bond acceptors (Lipinski definition) is 9. The molecule has 2 aromatic rings. The molecule has 5 rings (SSSR count). The van der Waals surface area contributed by atoms with Gasteiger partial charge in [-0.25, -0.2) is 0 Å². The average molecular weight is 456 g/mol. The van der Waals surface area contributed by atoms with Crippen LogP contribution in [0.2, 0.25) is 0 Å². The fourth-order valence-corrected chi connectivity index (χ4v) is 4.98. The van der Waals surface area contributed by atoms with E-state index >= 15 is 0 Å². The normalized spacial score (nSPS) is 22.2. The van der Waals surface area contributed by atoms with Crippen LogP contribution < -0.4 is 23.7 Å². The van der Waals surface area contributed by atoms with E-state index in [2.05, 4.69) is 0 Å². The largest absolute Gasteiger partial charge is 0.493 e. The number of methoxy groups -OCH3 is 3. The van der Waals surface area contributed by atoms with Crippen LogP contribution in [-0.2, 0) is 25.5 Å². The number of hydrogen-bond donors (Lipinski definition) is 0. The minimum Gasteiger partial charge on any atom is -0.493 e. The minimum atomic E-state index is -0.727. The third kappa shape index (κ3) is 3.30. The monoisotopic (exact) mass is 456 g/mol. The Bertz CT molecular complexity index is 1140. The standard InChI is InChI=1S/C24H24O9/c1-11(25)33-21-14-8-18-17(31-10-32-18)7-13(14)20-12(5-15-16(21)9-30-24(15)26)6-19(27-2)22(28-3)23(20)29-4/h6-8,15-16,21H,5,9-10H2,1-4H3/t15-,16+,21+/m1/s1. The van der Waals surface area contributed by atoms with E-state index in [0.29, 0.717) is 46.3 Å². The first-order valence-corrected chi connectivity index (χ1v) is 10.6. The molecule has 0 bridgehead atoms. The van der Waals surface area contributed by atoms with E-state index in [0.717, 1.165) is 11.1 Å². The zero-order valence-corrected chi connectivity index (χ0v) is 18.8. The number of benzene rings is 2. The van der Waals surface area contributed by atoms with Gasteiger partial charge in [-0.3, -0.25) is 9.59 Å². The lowest BCUT2D eigenvalue weighted by molar-refractivity contribution is -0.150. The second kappa shape index (κ2) is 8.06. The van der Waals surface area contributed by atoms with Crippen molar-refractivity contribution in [3.05, 3.63) is 29.3 Å². The minimum absolute atomic E-state index is 0.0834. The number of carbonyl (C=O) groups is 2. The molecule has 0 amide bonds. The molecule has 9 heteroatoms. The third-order valence-electron chi connectivity index (χ3n) is 6.39. The summed E-state index contributed by atoms with van der Waals surface area (Å²) in [5.41, 5.74) is 2.93. The first kappa shape index (κ1) is 21.2. The second-order valence-corrected chi connectivity index (χ2v) is 8.11. The van der Waals surface area contributed by atoms with Crippen molar-refractivity contribution < 1.29 is 42.7 Å². The quantitative estimate of drug-likeness (QED) is 0.643. The lowest BCUT2D eigenvalue weighted by Gasteiger charge is -2.32. The predicted molar refractivity (Wildman–Crippen MR) is 114 cm³/mol. The molecule has 174 valence electrons. The summed E-state index contributed by atoms with van der Waals surface area (Å²) in [5, 5.41) is 0. The Morgan fingerprint density at radius 2 is 1.70 bits per heavy atom. The Labute approximate surface area is 190 Å². The van der Waals surface area contributed by atoms with Crippen LogP contribution in [0.4, 0.5) is 0 Å². The molecule has 0 N–H and O–H groups in total. The SMILES string of the molecule is COc1cc2c(c(OC)c1OC)-c1cc3c(cc1[C@H](OC(C)=O)[C@H]1COC(=O)[C@@H]1C2)OCO3. The maximum atomic E-state index is 12.8. The van der Waals surface area contributed by atoms with Crippen molar-refractivity contribution in [3.63, 3.8) is 0 Å². The predicted octanol–water partition coefficient (Wildman–Crippen LogP) is 3.06. The summed E-state index contributed by atoms with van der Waals surface area (Å²) >= 11 is 0. The Morgan fingerprint density at radius 1 is 0.970 bits per heavy atom. The molecule has 1 saturated heterocycles. The summed E-state index contributed by atoms with van der Waals surface area (Å²) < 4.78 is 39.5. The molecular formula is C24H24O9. The first-order valence-electron chi connectivity index (χ1n) is 10.6. The van der Waals surface area contributed by atoms with Gasteiger partial charge in [-0.2, -0.15) is 0 Å². The Balaban J connectivity index is 1.86. The van der Waals surface area contributed by atoms with Gasteiger partial charge in [0.15, 0.2) is 23.0 Å². The molecule has 1 aliphatic carbocycles. The number of rotatable bonds is 4. The molecule has 3 atom stereocenters. The first-order chi connectivity index (χ1) is 16.0. The van der Waals surface area contributed by atoms with Gasteiger partial charge in [-0.1, -0.05) is 0 Å². The fraction of sp³-hybridized carbons (Fsp3) is 0.417. The van der Waals surface area contributed by atoms with Crippen molar-refractivity contribution in [2.75, 3.05) is 34.7 Å². The van der Waals surface area contributed by atoms with Crippen molar-refractivity contribution in [1.29, 1.82) is 0 Å². The maximum Gasteiger partial charge on any atom is 0.309 e. The van der Waals surface area contributed by atoms with E-state index in [1.54, 1.807) is 20.3 Å². The summed E-state index contributed by atoms with van der Waals surface area (Å²) in [6, 6.07) is 5.50. The van der Waals surface area contributed by atoms with Crippen LogP contribution in [0.3, 0.4) is 0 Å². The summed E-state index contributed by atoms with van der Waals surface area (Å²) in [6.07, 6.45) is -0.379. The molecule has 0 saturated carbocycles. The molecule has 9 nitrogen and oxygen atoms in total. The van der Waals surface area contributed by atoms with Gasteiger partial charge in [0.05, 0.1) is 33.9 Å². The molecule has 0 unspecified atom stereocenters. The molecule has 0 radical (unpaired) electrons. The smallest absolute Gasteiger partial charge is 0.309 e. The van der Waals surface area contributed by atoms with E-state index in [1.165, 1.54) is 14.0 Å². The second-order valence-electron chi connectivity index (χ2n) is 8.11. The van der Waals surface area contributed by atoms with Crippen LogP contribution in [0.5, 0.6) is 28.7 Å². The van der Waals surface area contributed by atoms with Crippen molar-refractivity contribution in [1.82, 2.24) is 0 Å². The van der Waals surface area contributed by atoms with Gasteiger partial charge in [0, 0.05) is 24.0 Å². The zero-order chi connectivity index (χ0) is 23.3.